The van der Waals surface area contributed by atoms with Crippen LogP contribution in [0.25, 0.3) is 0 Å². The summed E-state index contributed by atoms with van der Waals surface area (Å²) in [6.45, 7) is 4.66. The molecule has 1 saturated heterocycles. The zero-order valence-electron chi connectivity index (χ0n) is 16.3. The lowest BCUT2D eigenvalue weighted by atomic mass is 10.1. The average molecular weight is 374 g/mol. The number of rotatable bonds is 6. The number of nitrogens with one attached hydrogen (secondary N) is 1. The highest BCUT2D eigenvalue weighted by Crippen LogP contribution is 2.24. The monoisotopic (exact) mass is 374 g/mol. The smallest absolute Gasteiger partial charge is 0.136 e. The van der Waals surface area contributed by atoms with Crippen molar-refractivity contribution in [2.45, 2.75) is 32.8 Å². The van der Waals surface area contributed by atoms with E-state index in [0.29, 0.717) is 6.61 Å². The van der Waals surface area contributed by atoms with Gasteiger partial charge in [-0.3, -0.25) is 0 Å². The maximum atomic E-state index is 5.85. The van der Waals surface area contributed by atoms with Gasteiger partial charge in [0.25, 0.3) is 0 Å². The predicted octanol–water partition coefficient (Wildman–Crippen LogP) is 5.10. The van der Waals surface area contributed by atoms with E-state index in [4.69, 9.17) is 4.74 Å². The van der Waals surface area contributed by atoms with Crippen LogP contribution in [0.1, 0.15) is 30.7 Å². The summed E-state index contributed by atoms with van der Waals surface area (Å²) in [4.78, 5) is 11.5. The number of hydrogen-bond donors (Lipinski definition) is 1. The van der Waals surface area contributed by atoms with Gasteiger partial charge < -0.3 is 15.0 Å². The van der Waals surface area contributed by atoms with Crippen LogP contribution in [0.15, 0.2) is 60.7 Å². The van der Waals surface area contributed by atoms with Gasteiger partial charge in [0, 0.05) is 24.8 Å². The van der Waals surface area contributed by atoms with E-state index in [1.165, 1.54) is 19.3 Å². The maximum Gasteiger partial charge on any atom is 0.136 e. The fourth-order valence-corrected chi connectivity index (χ4v) is 3.42. The van der Waals surface area contributed by atoms with E-state index in [1.807, 2.05) is 55.5 Å². The third kappa shape index (κ3) is 4.80. The maximum absolute atomic E-state index is 5.85. The molecule has 1 N–H and O–H groups in total. The molecule has 144 valence electrons. The Hall–Kier alpha value is -3.08. The van der Waals surface area contributed by atoms with Gasteiger partial charge in [-0.1, -0.05) is 30.3 Å². The average Bonchev–Trinajstić information content (AvgIpc) is 2.74. The minimum Gasteiger partial charge on any atom is -0.489 e. The molecule has 28 heavy (non-hydrogen) atoms. The van der Waals surface area contributed by atoms with E-state index in [2.05, 4.69) is 32.3 Å². The molecule has 0 aliphatic carbocycles. The van der Waals surface area contributed by atoms with Gasteiger partial charge in [-0.25, -0.2) is 9.97 Å². The standard InChI is InChI=1S/C23H26N4O/c1-18-24-22(16-23(25-18)27-14-6-3-7-15-27)26-20-10-12-21(13-11-20)28-17-19-8-4-2-5-9-19/h2,4-5,8-13,16H,3,6-7,14-15,17H2,1H3,(H,24,25,26). The van der Waals surface area contributed by atoms with E-state index in [9.17, 15) is 0 Å². The highest BCUT2D eigenvalue weighted by molar-refractivity contribution is 5.60. The summed E-state index contributed by atoms with van der Waals surface area (Å²) in [5.74, 6) is 3.47. The molecule has 0 amide bonds. The van der Waals surface area contributed by atoms with Crippen LogP contribution in [-0.2, 0) is 6.61 Å². The fourth-order valence-electron chi connectivity index (χ4n) is 3.42. The highest BCUT2D eigenvalue weighted by Gasteiger charge is 2.14. The molecule has 5 heteroatoms. The van der Waals surface area contributed by atoms with Gasteiger partial charge in [0.15, 0.2) is 0 Å². The van der Waals surface area contributed by atoms with Crippen molar-refractivity contribution in [2.24, 2.45) is 0 Å². The van der Waals surface area contributed by atoms with Crippen molar-refractivity contribution in [2.75, 3.05) is 23.3 Å². The van der Waals surface area contributed by atoms with Crippen LogP contribution in [0.5, 0.6) is 5.75 Å². The van der Waals surface area contributed by atoms with Crippen molar-refractivity contribution in [3.05, 3.63) is 72.1 Å². The summed E-state index contributed by atoms with van der Waals surface area (Å²) in [6, 6.07) is 20.2. The fraction of sp³-hybridized carbons (Fsp3) is 0.304. The molecule has 0 atom stereocenters. The van der Waals surface area contributed by atoms with E-state index in [1.54, 1.807) is 0 Å². The van der Waals surface area contributed by atoms with Gasteiger partial charge in [-0.15, -0.1) is 0 Å². The number of ether oxygens (including phenoxy) is 1. The lowest BCUT2D eigenvalue weighted by molar-refractivity contribution is 0.306. The van der Waals surface area contributed by atoms with Gasteiger partial charge in [0.1, 0.15) is 29.8 Å². The SMILES string of the molecule is Cc1nc(Nc2ccc(OCc3ccccc3)cc2)cc(N2CCCCC2)n1. The van der Waals surface area contributed by atoms with Crippen molar-refractivity contribution in [3.8, 4) is 5.75 Å². The van der Waals surface area contributed by atoms with Crippen LogP contribution in [0, 0.1) is 6.92 Å². The van der Waals surface area contributed by atoms with Crippen molar-refractivity contribution >= 4 is 17.3 Å². The minimum absolute atomic E-state index is 0.567. The van der Waals surface area contributed by atoms with Crippen LogP contribution < -0.4 is 15.0 Å². The number of nitrogens with zero attached hydrogens (tertiary/aromatic N) is 3. The number of piperidine rings is 1. The van der Waals surface area contributed by atoms with Crippen LogP contribution in [0.4, 0.5) is 17.3 Å². The molecule has 0 spiro atoms. The molecule has 2 aromatic carbocycles. The summed E-state index contributed by atoms with van der Waals surface area (Å²) in [7, 11) is 0. The van der Waals surface area contributed by atoms with E-state index >= 15 is 0 Å². The largest absolute Gasteiger partial charge is 0.489 e. The second-order valence-electron chi connectivity index (χ2n) is 7.13. The van der Waals surface area contributed by atoms with Gasteiger partial charge in [0.05, 0.1) is 0 Å². The first kappa shape index (κ1) is 18.3. The van der Waals surface area contributed by atoms with Gasteiger partial charge in [0.2, 0.25) is 0 Å². The van der Waals surface area contributed by atoms with E-state index in [-0.39, 0.29) is 0 Å². The number of anilines is 3. The Morgan fingerprint density at radius 2 is 1.68 bits per heavy atom. The Kier molecular flexibility index (Phi) is 5.71. The third-order valence-corrected chi connectivity index (χ3v) is 4.88. The molecule has 3 aromatic rings. The van der Waals surface area contributed by atoms with E-state index < -0.39 is 0 Å². The molecule has 2 heterocycles. The lowest BCUT2D eigenvalue weighted by Gasteiger charge is -2.28. The summed E-state index contributed by atoms with van der Waals surface area (Å²) in [5, 5.41) is 3.39. The van der Waals surface area contributed by atoms with E-state index in [0.717, 1.165) is 47.5 Å². The van der Waals surface area contributed by atoms with Crippen molar-refractivity contribution in [1.29, 1.82) is 0 Å². The molecular weight excluding hydrogens is 348 g/mol. The second-order valence-corrected chi connectivity index (χ2v) is 7.13. The second kappa shape index (κ2) is 8.74. The Labute approximate surface area is 166 Å². The molecule has 4 rings (SSSR count). The first-order valence-corrected chi connectivity index (χ1v) is 9.91. The summed E-state index contributed by atoms with van der Waals surface area (Å²) < 4.78 is 5.85. The van der Waals surface area contributed by atoms with Crippen molar-refractivity contribution in [1.82, 2.24) is 9.97 Å². The Morgan fingerprint density at radius 1 is 0.929 bits per heavy atom. The summed E-state index contributed by atoms with van der Waals surface area (Å²) in [5.41, 5.74) is 2.14. The van der Waals surface area contributed by atoms with Crippen molar-refractivity contribution < 1.29 is 4.74 Å². The summed E-state index contributed by atoms with van der Waals surface area (Å²) >= 11 is 0. The first-order valence-electron chi connectivity index (χ1n) is 9.91. The van der Waals surface area contributed by atoms with Crippen LogP contribution in [-0.4, -0.2) is 23.1 Å². The van der Waals surface area contributed by atoms with Crippen molar-refractivity contribution in [3.63, 3.8) is 0 Å². The molecule has 1 aromatic heterocycles. The highest BCUT2D eigenvalue weighted by atomic mass is 16.5. The molecule has 1 fully saturated rings. The topological polar surface area (TPSA) is 50.3 Å². The third-order valence-electron chi connectivity index (χ3n) is 4.88. The predicted molar refractivity (Wildman–Crippen MR) is 113 cm³/mol. The van der Waals surface area contributed by atoms with Crippen LogP contribution in [0.3, 0.4) is 0 Å². The molecule has 0 bridgehead atoms. The number of aromatic nitrogens is 2. The molecule has 1 aliphatic heterocycles. The Bertz CT molecular complexity index is 890. The van der Waals surface area contributed by atoms with Crippen LogP contribution in [0.2, 0.25) is 0 Å². The molecule has 0 radical (unpaired) electrons. The molecule has 5 nitrogen and oxygen atoms in total. The molecule has 0 saturated carbocycles. The lowest BCUT2D eigenvalue weighted by Crippen LogP contribution is -2.30. The molecular formula is C23H26N4O. The number of hydrogen-bond acceptors (Lipinski definition) is 5. The Balaban J connectivity index is 1.40. The van der Waals surface area contributed by atoms with Gasteiger partial charge >= 0.3 is 0 Å². The number of benzene rings is 2. The quantitative estimate of drug-likeness (QED) is 0.651. The zero-order valence-corrected chi connectivity index (χ0v) is 16.3. The van der Waals surface area contributed by atoms with Gasteiger partial charge in [-0.05, 0) is 56.0 Å². The Morgan fingerprint density at radius 3 is 2.43 bits per heavy atom. The summed E-state index contributed by atoms with van der Waals surface area (Å²) in [6.07, 6.45) is 3.77. The van der Waals surface area contributed by atoms with Gasteiger partial charge in [-0.2, -0.15) is 0 Å². The van der Waals surface area contributed by atoms with Crippen LogP contribution >= 0.6 is 0 Å². The first-order chi connectivity index (χ1) is 13.8. The normalized spacial score (nSPS) is 14.0. The molecule has 1 aliphatic rings. The zero-order chi connectivity index (χ0) is 19.2. The number of aryl methyl sites for hydroxylation is 1. The molecule has 0 unspecified atom stereocenters. The minimum atomic E-state index is 0.567.